The van der Waals surface area contributed by atoms with Crippen molar-refractivity contribution in [2.24, 2.45) is 0 Å². The number of aromatic nitrogens is 4. The SMILES string of the molecule is Clc1ccccc1Cn1cnnn1. The molecule has 0 saturated carbocycles. The van der Waals surface area contributed by atoms with E-state index in [4.69, 9.17) is 11.6 Å². The first-order valence-corrected chi connectivity index (χ1v) is 4.18. The molecule has 0 aliphatic rings. The monoisotopic (exact) mass is 194 g/mol. The van der Waals surface area contributed by atoms with Crippen LogP contribution in [0.15, 0.2) is 30.6 Å². The van der Waals surface area contributed by atoms with Crippen molar-refractivity contribution in [3.05, 3.63) is 41.2 Å². The fraction of sp³-hybridized carbons (Fsp3) is 0.125. The molecule has 2 aromatic rings. The molecule has 4 nitrogen and oxygen atoms in total. The lowest BCUT2D eigenvalue weighted by Crippen LogP contribution is -2.00. The van der Waals surface area contributed by atoms with Gasteiger partial charge in [-0.1, -0.05) is 29.8 Å². The molecule has 66 valence electrons. The van der Waals surface area contributed by atoms with Gasteiger partial charge in [0.1, 0.15) is 6.33 Å². The Labute approximate surface area is 80.1 Å². The Kier molecular flexibility index (Phi) is 2.23. The summed E-state index contributed by atoms with van der Waals surface area (Å²) < 4.78 is 1.63. The van der Waals surface area contributed by atoms with E-state index in [0.717, 1.165) is 10.6 Å². The van der Waals surface area contributed by atoms with Gasteiger partial charge in [0, 0.05) is 5.02 Å². The van der Waals surface area contributed by atoms with Gasteiger partial charge in [0.05, 0.1) is 6.54 Å². The van der Waals surface area contributed by atoms with Crippen molar-refractivity contribution in [2.75, 3.05) is 0 Å². The van der Waals surface area contributed by atoms with Crippen LogP contribution >= 0.6 is 11.6 Å². The van der Waals surface area contributed by atoms with Gasteiger partial charge in [-0.25, -0.2) is 4.68 Å². The largest absolute Gasteiger partial charge is 0.228 e. The maximum absolute atomic E-state index is 5.96. The summed E-state index contributed by atoms with van der Waals surface area (Å²) in [7, 11) is 0. The van der Waals surface area contributed by atoms with Crippen molar-refractivity contribution >= 4 is 11.6 Å². The lowest BCUT2D eigenvalue weighted by atomic mass is 10.2. The number of rotatable bonds is 2. The first-order chi connectivity index (χ1) is 6.36. The second-order valence-corrected chi connectivity index (χ2v) is 3.01. The predicted molar refractivity (Wildman–Crippen MR) is 48.4 cm³/mol. The normalized spacial score (nSPS) is 10.2. The Balaban J connectivity index is 2.24. The van der Waals surface area contributed by atoms with E-state index in [1.54, 1.807) is 11.0 Å². The molecular weight excluding hydrogens is 188 g/mol. The van der Waals surface area contributed by atoms with Gasteiger partial charge in [-0.3, -0.25) is 0 Å². The Morgan fingerprint density at radius 3 is 2.85 bits per heavy atom. The molecule has 0 fully saturated rings. The summed E-state index contributed by atoms with van der Waals surface area (Å²) in [5.41, 5.74) is 1.01. The second-order valence-electron chi connectivity index (χ2n) is 2.60. The third-order valence-electron chi connectivity index (χ3n) is 1.68. The molecule has 0 spiro atoms. The number of benzene rings is 1. The van der Waals surface area contributed by atoms with Gasteiger partial charge in [-0.15, -0.1) is 5.10 Å². The van der Waals surface area contributed by atoms with Gasteiger partial charge in [-0.2, -0.15) is 0 Å². The van der Waals surface area contributed by atoms with Gasteiger partial charge in [-0.05, 0) is 22.1 Å². The molecule has 13 heavy (non-hydrogen) atoms. The van der Waals surface area contributed by atoms with Crippen LogP contribution in [0.4, 0.5) is 0 Å². The zero-order valence-electron chi connectivity index (χ0n) is 6.76. The average Bonchev–Trinajstić information content (AvgIpc) is 2.61. The molecule has 0 unspecified atom stereocenters. The van der Waals surface area contributed by atoms with Gasteiger partial charge in [0.25, 0.3) is 0 Å². The minimum atomic E-state index is 0.604. The highest BCUT2D eigenvalue weighted by Crippen LogP contribution is 2.15. The lowest BCUT2D eigenvalue weighted by Gasteiger charge is -2.01. The van der Waals surface area contributed by atoms with Crippen molar-refractivity contribution in [1.29, 1.82) is 0 Å². The van der Waals surface area contributed by atoms with Crippen LogP contribution in [0.25, 0.3) is 0 Å². The molecule has 0 amide bonds. The zero-order valence-corrected chi connectivity index (χ0v) is 7.52. The molecule has 2 rings (SSSR count). The Morgan fingerprint density at radius 2 is 2.15 bits per heavy atom. The number of hydrogen-bond acceptors (Lipinski definition) is 3. The quantitative estimate of drug-likeness (QED) is 0.726. The molecule has 0 bridgehead atoms. The van der Waals surface area contributed by atoms with E-state index in [2.05, 4.69) is 15.5 Å². The molecule has 0 N–H and O–H groups in total. The summed E-state index contributed by atoms with van der Waals surface area (Å²) in [6.45, 7) is 0.604. The first kappa shape index (κ1) is 8.19. The summed E-state index contributed by atoms with van der Waals surface area (Å²) in [5, 5.41) is 11.6. The topological polar surface area (TPSA) is 43.6 Å². The van der Waals surface area contributed by atoms with E-state index < -0.39 is 0 Å². The Bertz CT molecular complexity index is 385. The predicted octanol–water partition coefficient (Wildman–Crippen LogP) is 1.37. The summed E-state index contributed by atoms with van der Waals surface area (Å²) in [6, 6.07) is 7.63. The fourth-order valence-electron chi connectivity index (χ4n) is 1.05. The standard InChI is InChI=1S/C8H7ClN4/c9-8-4-2-1-3-7(8)5-13-6-10-11-12-13/h1-4,6H,5H2. The highest BCUT2D eigenvalue weighted by molar-refractivity contribution is 6.31. The third-order valence-corrected chi connectivity index (χ3v) is 2.05. The summed E-state index contributed by atoms with van der Waals surface area (Å²) in [4.78, 5) is 0. The zero-order chi connectivity index (χ0) is 9.10. The van der Waals surface area contributed by atoms with Crippen LogP contribution in [0.1, 0.15) is 5.56 Å². The highest BCUT2D eigenvalue weighted by atomic mass is 35.5. The minimum absolute atomic E-state index is 0.604. The molecule has 1 heterocycles. The Hall–Kier alpha value is -1.42. The number of tetrazole rings is 1. The van der Waals surface area contributed by atoms with Gasteiger partial charge >= 0.3 is 0 Å². The summed E-state index contributed by atoms with van der Waals surface area (Å²) in [5.74, 6) is 0. The van der Waals surface area contributed by atoms with Crippen LogP contribution in [0.2, 0.25) is 5.02 Å². The molecule has 0 saturated heterocycles. The van der Waals surface area contributed by atoms with Crippen molar-refractivity contribution < 1.29 is 0 Å². The van der Waals surface area contributed by atoms with Crippen LogP contribution in [0.3, 0.4) is 0 Å². The Morgan fingerprint density at radius 1 is 1.31 bits per heavy atom. The average molecular weight is 195 g/mol. The molecule has 0 atom stereocenters. The third kappa shape index (κ3) is 1.84. The van der Waals surface area contributed by atoms with E-state index in [1.807, 2.05) is 24.3 Å². The minimum Gasteiger partial charge on any atom is -0.228 e. The van der Waals surface area contributed by atoms with E-state index >= 15 is 0 Å². The maximum Gasteiger partial charge on any atom is 0.138 e. The molecule has 0 aliphatic heterocycles. The number of nitrogens with zero attached hydrogens (tertiary/aromatic N) is 4. The van der Waals surface area contributed by atoms with Gasteiger partial charge < -0.3 is 0 Å². The molecule has 0 radical (unpaired) electrons. The van der Waals surface area contributed by atoms with E-state index in [0.29, 0.717) is 6.54 Å². The molecule has 1 aromatic carbocycles. The van der Waals surface area contributed by atoms with Gasteiger partial charge in [0.15, 0.2) is 0 Å². The van der Waals surface area contributed by atoms with Crippen molar-refractivity contribution in [2.45, 2.75) is 6.54 Å². The van der Waals surface area contributed by atoms with E-state index in [1.165, 1.54) is 0 Å². The van der Waals surface area contributed by atoms with Gasteiger partial charge in [0.2, 0.25) is 0 Å². The fourth-order valence-corrected chi connectivity index (χ4v) is 1.25. The summed E-state index contributed by atoms with van der Waals surface area (Å²) >= 11 is 5.96. The van der Waals surface area contributed by atoms with Crippen LogP contribution in [0, 0.1) is 0 Å². The number of hydrogen-bond donors (Lipinski definition) is 0. The highest BCUT2D eigenvalue weighted by Gasteiger charge is 1.99. The second kappa shape index (κ2) is 3.53. The van der Waals surface area contributed by atoms with Crippen LogP contribution < -0.4 is 0 Å². The maximum atomic E-state index is 5.96. The molecule has 0 aliphatic carbocycles. The van der Waals surface area contributed by atoms with E-state index in [-0.39, 0.29) is 0 Å². The van der Waals surface area contributed by atoms with Crippen molar-refractivity contribution in [3.8, 4) is 0 Å². The molecule has 5 heteroatoms. The number of halogens is 1. The van der Waals surface area contributed by atoms with Crippen molar-refractivity contribution in [3.63, 3.8) is 0 Å². The summed E-state index contributed by atoms with van der Waals surface area (Å²) in [6.07, 6.45) is 1.56. The molecule has 1 aromatic heterocycles. The van der Waals surface area contributed by atoms with Crippen molar-refractivity contribution in [1.82, 2.24) is 20.2 Å². The smallest absolute Gasteiger partial charge is 0.138 e. The lowest BCUT2D eigenvalue weighted by molar-refractivity contribution is 0.648. The van der Waals surface area contributed by atoms with Crippen LogP contribution in [-0.2, 0) is 6.54 Å². The van der Waals surface area contributed by atoms with Crippen LogP contribution in [0.5, 0.6) is 0 Å². The molecular formula is C8H7ClN4. The van der Waals surface area contributed by atoms with Crippen LogP contribution in [-0.4, -0.2) is 20.2 Å². The van der Waals surface area contributed by atoms with E-state index in [9.17, 15) is 0 Å². The first-order valence-electron chi connectivity index (χ1n) is 3.80.